The number of rotatable bonds is 14. The van der Waals surface area contributed by atoms with Gasteiger partial charge in [-0.2, -0.15) is 0 Å². The van der Waals surface area contributed by atoms with E-state index >= 15 is 0 Å². The van der Waals surface area contributed by atoms with Crippen molar-refractivity contribution in [1.82, 2.24) is 9.97 Å². The molecule has 12 heteroatoms. The number of hydrogen-bond acceptors (Lipinski definition) is 9. The van der Waals surface area contributed by atoms with E-state index in [0.29, 0.717) is 29.9 Å². The Labute approximate surface area is 291 Å². The maximum Gasteiger partial charge on any atom is 0.695 e. The van der Waals surface area contributed by atoms with Gasteiger partial charge in [0.25, 0.3) is 5.91 Å². The fourth-order valence-corrected chi connectivity index (χ4v) is 6.77. The molecule has 1 amide bonds. The zero-order valence-corrected chi connectivity index (χ0v) is 28.4. The van der Waals surface area contributed by atoms with Crippen LogP contribution >= 0.6 is 8.25 Å². The number of aromatic nitrogens is 2. The summed E-state index contributed by atoms with van der Waals surface area (Å²) < 4.78 is 41.7. The predicted octanol–water partition coefficient (Wildman–Crippen LogP) is 6.95. The number of nitrogens with one attached hydrogen (secondary N) is 1. The number of hydrogen-bond donors (Lipinski definition) is 2. The highest BCUT2D eigenvalue weighted by Crippen LogP contribution is 2.44. The van der Waals surface area contributed by atoms with Gasteiger partial charge in [-0.3, -0.25) is 4.79 Å². The summed E-state index contributed by atoms with van der Waals surface area (Å²) in [5.41, 5.74) is 2.01. The van der Waals surface area contributed by atoms with Gasteiger partial charge in [0.05, 0.1) is 20.8 Å². The average molecular weight is 695 g/mol. The summed E-state index contributed by atoms with van der Waals surface area (Å²) in [5, 5.41) is 2.76. The van der Waals surface area contributed by atoms with Gasteiger partial charge in [0.2, 0.25) is 5.88 Å². The smallest absolute Gasteiger partial charge is 0.497 e. The molecule has 1 heterocycles. The SMILES string of the molecule is COc1ccc(C(OC[C@H]2C[C@@H](Oc3cc(NC(=O)c4ccccc4)ncn3)C[C@H]2O[P+](=O)O)(c2ccccc2)c2ccc(OC)cc2)cc1. The predicted molar refractivity (Wildman–Crippen MR) is 187 cm³/mol. The lowest BCUT2D eigenvalue weighted by Crippen LogP contribution is -2.36. The molecule has 11 nitrogen and oxygen atoms in total. The van der Waals surface area contributed by atoms with Crippen molar-refractivity contribution < 1.29 is 37.7 Å². The van der Waals surface area contributed by atoms with E-state index in [-0.39, 0.29) is 30.1 Å². The largest absolute Gasteiger partial charge is 0.695 e. The molecule has 0 spiro atoms. The van der Waals surface area contributed by atoms with Crippen LogP contribution in [0.2, 0.25) is 0 Å². The molecule has 6 rings (SSSR count). The normalized spacial score (nSPS) is 17.5. The zero-order valence-electron chi connectivity index (χ0n) is 27.5. The second kappa shape index (κ2) is 16.0. The summed E-state index contributed by atoms with van der Waals surface area (Å²) in [6, 6.07) is 35.7. The van der Waals surface area contributed by atoms with Crippen LogP contribution < -0.4 is 19.5 Å². The van der Waals surface area contributed by atoms with Crippen molar-refractivity contribution in [3.8, 4) is 17.4 Å². The minimum absolute atomic E-state index is 0.156. The monoisotopic (exact) mass is 694 g/mol. The molecule has 0 radical (unpaired) electrons. The molecule has 5 aromatic rings. The van der Waals surface area contributed by atoms with Crippen molar-refractivity contribution in [2.45, 2.75) is 30.7 Å². The standard InChI is InChI=1S/C38H36N3O8P/c1-45-31-17-13-29(14-18-31)38(28-11-7-4-8-12-28,30-15-19-32(46-2)20-16-30)47-24-27-21-33(22-34(27)49-50(43)44)48-36-23-35(39-25-40-36)41-37(42)26-9-5-3-6-10-26/h3-20,23,25,27,33-34H,21-22,24H2,1-2H3,(H-,39,40,41,42,43,44)/p+1/t27-,33-,34-/m1/s1. The first-order valence-electron chi connectivity index (χ1n) is 16.0. The Morgan fingerprint density at radius 3 is 1.98 bits per heavy atom. The van der Waals surface area contributed by atoms with E-state index < -0.39 is 26.1 Å². The molecule has 1 unspecified atom stereocenters. The number of carbonyl (C=O) groups excluding carboxylic acids is 1. The number of methoxy groups -OCH3 is 2. The van der Waals surface area contributed by atoms with E-state index in [1.54, 1.807) is 44.6 Å². The molecule has 4 aromatic carbocycles. The first-order valence-corrected chi connectivity index (χ1v) is 17.2. The van der Waals surface area contributed by atoms with Gasteiger partial charge < -0.3 is 24.3 Å². The van der Waals surface area contributed by atoms with Gasteiger partial charge in [0.15, 0.2) is 0 Å². The molecule has 0 bridgehead atoms. The van der Waals surface area contributed by atoms with Gasteiger partial charge in [0.1, 0.15) is 41.5 Å². The number of carbonyl (C=O) groups is 1. The zero-order chi connectivity index (χ0) is 34.9. The molecule has 1 aromatic heterocycles. The van der Waals surface area contributed by atoms with Crippen LogP contribution in [0.5, 0.6) is 17.4 Å². The van der Waals surface area contributed by atoms with E-state index in [9.17, 15) is 14.3 Å². The molecular formula is C38H37N3O8P+. The molecule has 0 aliphatic heterocycles. The summed E-state index contributed by atoms with van der Waals surface area (Å²) in [7, 11) is 0.339. The highest BCUT2D eigenvalue weighted by Gasteiger charge is 2.45. The molecule has 2 N–H and O–H groups in total. The lowest BCUT2D eigenvalue weighted by atomic mass is 9.80. The minimum atomic E-state index is -2.90. The number of nitrogens with zero attached hydrogens (tertiary/aromatic N) is 2. The Hall–Kier alpha value is -5.19. The molecule has 0 saturated heterocycles. The van der Waals surface area contributed by atoms with Gasteiger partial charge in [-0.15, -0.1) is 9.42 Å². The van der Waals surface area contributed by atoms with E-state index in [2.05, 4.69) is 15.3 Å². The summed E-state index contributed by atoms with van der Waals surface area (Å²) in [4.78, 5) is 30.9. The number of ether oxygens (including phenoxy) is 4. The van der Waals surface area contributed by atoms with Crippen LogP contribution in [0.3, 0.4) is 0 Å². The summed E-state index contributed by atoms with van der Waals surface area (Å²) in [6.07, 6.45) is 0.994. The van der Waals surface area contributed by atoms with Crippen molar-refractivity contribution in [2.75, 3.05) is 26.1 Å². The van der Waals surface area contributed by atoms with Crippen LogP contribution in [0.25, 0.3) is 0 Å². The molecule has 1 saturated carbocycles. The van der Waals surface area contributed by atoms with Crippen molar-refractivity contribution in [2.24, 2.45) is 5.92 Å². The number of amides is 1. The van der Waals surface area contributed by atoms with Crippen molar-refractivity contribution in [3.05, 3.63) is 144 Å². The van der Waals surface area contributed by atoms with Gasteiger partial charge in [-0.25, -0.2) is 9.97 Å². The third-order valence-corrected chi connectivity index (χ3v) is 9.16. The fourth-order valence-electron chi connectivity index (χ4n) is 6.28. The Morgan fingerprint density at radius 1 is 0.820 bits per heavy atom. The van der Waals surface area contributed by atoms with Gasteiger partial charge in [-0.1, -0.05) is 72.8 Å². The van der Waals surface area contributed by atoms with Gasteiger partial charge in [-0.05, 0) is 59.5 Å². The van der Waals surface area contributed by atoms with Crippen molar-refractivity contribution >= 4 is 20.0 Å². The van der Waals surface area contributed by atoms with E-state index in [1.165, 1.54) is 6.33 Å². The lowest BCUT2D eigenvalue weighted by molar-refractivity contribution is -0.0260. The van der Waals surface area contributed by atoms with Gasteiger partial charge >= 0.3 is 8.25 Å². The van der Waals surface area contributed by atoms with Crippen LogP contribution in [0, 0.1) is 5.92 Å². The molecule has 1 aliphatic rings. The minimum Gasteiger partial charge on any atom is -0.497 e. The number of benzene rings is 4. The van der Waals surface area contributed by atoms with Crippen LogP contribution in [-0.2, 0) is 19.4 Å². The van der Waals surface area contributed by atoms with Crippen LogP contribution in [0.4, 0.5) is 5.82 Å². The first kappa shape index (κ1) is 34.7. The quantitative estimate of drug-likeness (QED) is 0.0928. The van der Waals surface area contributed by atoms with Gasteiger partial charge in [0, 0.05) is 28.5 Å². The van der Waals surface area contributed by atoms with E-state index in [0.717, 1.165) is 16.7 Å². The number of anilines is 1. The molecule has 50 heavy (non-hydrogen) atoms. The van der Waals surface area contributed by atoms with Crippen LogP contribution in [0.15, 0.2) is 122 Å². The Bertz CT molecular complexity index is 1830. The highest BCUT2D eigenvalue weighted by molar-refractivity contribution is 7.32. The maximum absolute atomic E-state index is 12.7. The topological polar surface area (TPSA) is 138 Å². The summed E-state index contributed by atoms with van der Waals surface area (Å²) >= 11 is 0. The summed E-state index contributed by atoms with van der Waals surface area (Å²) in [6.45, 7) is 0.156. The second-order valence-electron chi connectivity index (χ2n) is 11.7. The second-order valence-corrected chi connectivity index (χ2v) is 12.4. The molecule has 256 valence electrons. The molecule has 4 atom stereocenters. The van der Waals surface area contributed by atoms with Crippen LogP contribution in [0.1, 0.15) is 39.9 Å². The molecule has 1 aliphatic carbocycles. The fraction of sp³-hybridized carbons (Fsp3) is 0.237. The molecular weight excluding hydrogens is 657 g/mol. The lowest BCUT2D eigenvalue weighted by Gasteiger charge is -2.37. The molecule has 1 fully saturated rings. The third-order valence-electron chi connectivity index (χ3n) is 8.71. The Kier molecular flexibility index (Phi) is 11.1. The Morgan fingerprint density at radius 2 is 1.40 bits per heavy atom. The van der Waals surface area contributed by atoms with E-state index in [1.807, 2.05) is 84.9 Å². The maximum atomic E-state index is 12.7. The van der Waals surface area contributed by atoms with Crippen molar-refractivity contribution in [1.29, 1.82) is 0 Å². The first-order chi connectivity index (χ1) is 24.4. The van der Waals surface area contributed by atoms with E-state index in [4.69, 9.17) is 23.5 Å². The highest BCUT2D eigenvalue weighted by atomic mass is 31.1. The van der Waals surface area contributed by atoms with Crippen molar-refractivity contribution in [3.63, 3.8) is 0 Å². The van der Waals surface area contributed by atoms with Crippen LogP contribution in [-0.4, -0.2) is 53.8 Å². The average Bonchev–Trinajstić information content (AvgIpc) is 3.52. The third kappa shape index (κ3) is 7.98. The summed E-state index contributed by atoms with van der Waals surface area (Å²) in [5.74, 6) is 1.29. The Balaban J connectivity index is 1.27.